The second-order valence-electron chi connectivity index (χ2n) is 8.11. The largest absolute Gasteiger partial charge is 0.246 e. The lowest BCUT2D eigenvalue weighted by molar-refractivity contribution is 1.32. The molecule has 0 atom stereocenters. The molecule has 0 saturated heterocycles. The maximum Gasteiger partial charge on any atom is 0.0979 e. The first-order chi connectivity index (χ1) is 14.5. The third-order valence-corrected chi connectivity index (χ3v) is 5.97. The molecular formula is C28H24N2. The number of rotatable bonds is 2. The Morgan fingerprint density at radius 3 is 1.23 bits per heavy atom. The first-order valence-corrected chi connectivity index (χ1v) is 10.4. The van der Waals surface area contributed by atoms with Crippen molar-refractivity contribution in [3.63, 3.8) is 0 Å². The molecule has 4 aromatic carbocycles. The molecule has 1 aliphatic carbocycles. The standard InChI is InChI=1S/C28H24N2/c1-17-9-5-10-18(2)25(17)29-27-22-15-7-13-21-14-8-16-23(24(21)22)28(27)30-26-19(3)11-6-12-20(26)4/h5-16H,1-4H3/b29-27+,30-28+. The van der Waals surface area contributed by atoms with Crippen LogP contribution in [0, 0.1) is 27.7 Å². The molecule has 0 fully saturated rings. The van der Waals surface area contributed by atoms with Crippen LogP contribution in [-0.2, 0) is 0 Å². The summed E-state index contributed by atoms with van der Waals surface area (Å²) in [4.78, 5) is 10.4. The molecule has 5 rings (SSSR count). The predicted molar refractivity (Wildman–Crippen MR) is 128 cm³/mol. The van der Waals surface area contributed by atoms with Crippen molar-refractivity contribution in [3.05, 3.63) is 106 Å². The van der Waals surface area contributed by atoms with Crippen LogP contribution in [0.5, 0.6) is 0 Å². The van der Waals surface area contributed by atoms with Crippen LogP contribution in [0.25, 0.3) is 10.8 Å². The monoisotopic (exact) mass is 388 g/mol. The third kappa shape index (κ3) is 2.88. The lowest BCUT2D eigenvalue weighted by Crippen LogP contribution is -2.10. The summed E-state index contributed by atoms with van der Waals surface area (Å²) in [6.45, 7) is 8.49. The fourth-order valence-electron chi connectivity index (χ4n) is 4.40. The van der Waals surface area contributed by atoms with Gasteiger partial charge in [-0.15, -0.1) is 0 Å². The van der Waals surface area contributed by atoms with Crippen LogP contribution in [-0.4, -0.2) is 11.4 Å². The fourth-order valence-corrected chi connectivity index (χ4v) is 4.40. The van der Waals surface area contributed by atoms with E-state index in [1.807, 2.05) is 0 Å². The Morgan fingerprint density at radius 2 is 0.833 bits per heavy atom. The van der Waals surface area contributed by atoms with Crippen molar-refractivity contribution in [3.8, 4) is 0 Å². The zero-order valence-corrected chi connectivity index (χ0v) is 17.8. The molecule has 30 heavy (non-hydrogen) atoms. The van der Waals surface area contributed by atoms with Crippen molar-refractivity contribution in [1.29, 1.82) is 0 Å². The summed E-state index contributed by atoms with van der Waals surface area (Å²) < 4.78 is 0. The fraction of sp³-hybridized carbons (Fsp3) is 0.143. The Kier molecular flexibility index (Phi) is 4.36. The molecule has 0 heterocycles. The number of benzene rings is 4. The summed E-state index contributed by atoms with van der Waals surface area (Å²) in [5, 5.41) is 2.47. The molecule has 0 amide bonds. The van der Waals surface area contributed by atoms with Crippen molar-refractivity contribution < 1.29 is 0 Å². The number of nitrogens with zero attached hydrogens (tertiary/aromatic N) is 2. The van der Waals surface area contributed by atoms with Gasteiger partial charge in [-0.3, -0.25) is 0 Å². The van der Waals surface area contributed by atoms with Gasteiger partial charge in [0.15, 0.2) is 0 Å². The smallest absolute Gasteiger partial charge is 0.0979 e. The van der Waals surface area contributed by atoms with E-state index in [0.29, 0.717) is 0 Å². The van der Waals surface area contributed by atoms with Gasteiger partial charge >= 0.3 is 0 Å². The molecule has 0 unspecified atom stereocenters. The molecule has 0 aromatic heterocycles. The van der Waals surface area contributed by atoms with Gasteiger partial charge in [-0.25, -0.2) is 9.98 Å². The quantitative estimate of drug-likeness (QED) is 0.343. The Morgan fingerprint density at radius 1 is 0.467 bits per heavy atom. The number of aryl methyl sites for hydroxylation is 4. The van der Waals surface area contributed by atoms with Crippen molar-refractivity contribution in [2.45, 2.75) is 27.7 Å². The summed E-state index contributed by atoms with van der Waals surface area (Å²) in [5.74, 6) is 0. The minimum Gasteiger partial charge on any atom is -0.246 e. The zero-order chi connectivity index (χ0) is 20.8. The summed E-state index contributed by atoms with van der Waals surface area (Å²) in [6.07, 6.45) is 0. The lowest BCUT2D eigenvalue weighted by atomic mass is 10.1. The molecule has 2 nitrogen and oxygen atoms in total. The van der Waals surface area contributed by atoms with Crippen LogP contribution in [0.1, 0.15) is 33.4 Å². The molecule has 0 aliphatic heterocycles. The van der Waals surface area contributed by atoms with Gasteiger partial charge < -0.3 is 0 Å². The van der Waals surface area contributed by atoms with Crippen LogP contribution in [0.2, 0.25) is 0 Å². The SMILES string of the molecule is Cc1cccc(C)c1/N=C1/C(=N/c2c(C)cccc2C)c2cccc3cccc1c23. The van der Waals surface area contributed by atoms with Gasteiger partial charge in [0.25, 0.3) is 0 Å². The van der Waals surface area contributed by atoms with Crippen LogP contribution in [0.4, 0.5) is 11.4 Å². The van der Waals surface area contributed by atoms with Crippen LogP contribution in [0.15, 0.2) is 82.8 Å². The molecule has 2 heteroatoms. The van der Waals surface area contributed by atoms with Gasteiger partial charge in [-0.1, -0.05) is 72.8 Å². The van der Waals surface area contributed by atoms with Crippen molar-refractivity contribution in [1.82, 2.24) is 0 Å². The summed E-state index contributed by atoms with van der Waals surface area (Å²) >= 11 is 0. The number of hydrogen-bond donors (Lipinski definition) is 0. The molecule has 0 saturated carbocycles. The van der Waals surface area contributed by atoms with Crippen LogP contribution < -0.4 is 0 Å². The molecule has 0 N–H and O–H groups in total. The van der Waals surface area contributed by atoms with Gasteiger partial charge in [0, 0.05) is 16.5 Å². The molecule has 0 bridgehead atoms. The Balaban J connectivity index is 1.85. The lowest BCUT2D eigenvalue weighted by Gasteiger charge is -2.10. The predicted octanol–water partition coefficient (Wildman–Crippen LogP) is 7.33. The Labute approximate surface area is 177 Å². The highest BCUT2D eigenvalue weighted by Crippen LogP contribution is 2.36. The minimum atomic E-state index is 0.960. The first kappa shape index (κ1) is 18.5. The van der Waals surface area contributed by atoms with Crippen molar-refractivity contribution >= 4 is 33.6 Å². The highest BCUT2D eigenvalue weighted by atomic mass is 14.8. The Hall–Kier alpha value is -3.52. The highest BCUT2D eigenvalue weighted by Gasteiger charge is 2.27. The van der Waals surface area contributed by atoms with E-state index >= 15 is 0 Å². The van der Waals surface area contributed by atoms with Crippen molar-refractivity contribution in [2.75, 3.05) is 0 Å². The van der Waals surface area contributed by atoms with Crippen molar-refractivity contribution in [2.24, 2.45) is 9.98 Å². The average Bonchev–Trinajstić information content (AvgIpc) is 3.02. The van der Waals surface area contributed by atoms with Gasteiger partial charge in [-0.2, -0.15) is 0 Å². The van der Waals surface area contributed by atoms with Gasteiger partial charge in [-0.05, 0) is 55.3 Å². The van der Waals surface area contributed by atoms with E-state index in [-0.39, 0.29) is 0 Å². The maximum atomic E-state index is 5.22. The molecule has 146 valence electrons. The Bertz CT molecular complexity index is 1230. The zero-order valence-electron chi connectivity index (χ0n) is 17.8. The average molecular weight is 389 g/mol. The normalized spacial score (nSPS) is 15.5. The summed E-state index contributed by atoms with van der Waals surface area (Å²) in [7, 11) is 0. The van der Waals surface area contributed by atoms with Gasteiger partial charge in [0.2, 0.25) is 0 Å². The van der Waals surface area contributed by atoms with E-state index < -0.39 is 0 Å². The second kappa shape index (κ2) is 7.07. The second-order valence-corrected chi connectivity index (χ2v) is 8.11. The minimum absolute atomic E-state index is 0.960. The van der Waals surface area contributed by atoms with Gasteiger partial charge in [0.05, 0.1) is 22.8 Å². The summed E-state index contributed by atoms with van der Waals surface area (Å²) in [6, 6.07) is 25.6. The highest BCUT2D eigenvalue weighted by molar-refractivity contribution is 6.61. The molecule has 0 radical (unpaired) electrons. The topological polar surface area (TPSA) is 24.7 Å². The number of hydrogen-bond acceptors (Lipinski definition) is 2. The van der Waals surface area contributed by atoms with E-state index in [2.05, 4.69) is 100 Å². The van der Waals surface area contributed by atoms with E-state index in [4.69, 9.17) is 9.98 Å². The molecule has 4 aromatic rings. The van der Waals surface area contributed by atoms with Gasteiger partial charge in [0.1, 0.15) is 0 Å². The molecule has 0 spiro atoms. The maximum absolute atomic E-state index is 5.22. The van der Waals surface area contributed by atoms with E-state index in [9.17, 15) is 0 Å². The van der Waals surface area contributed by atoms with E-state index in [1.54, 1.807) is 0 Å². The first-order valence-electron chi connectivity index (χ1n) is 10.4. The molecule has 1 aliphatic rings. The number of para-hydroxylation sites is 2. The van der Waals surface area contributed by atoms with E-state index in [0.717, 1.165) is 33.9 Å². The van der Waals surface area contributed by atoms with Crippen LogP contribution >= 0.6 is 0 Å². The number of aliphatic imine (C=N–C) groups is 2. The third-order valence-electron chi connectivity index (χ3n) is 5.97. The summed E-state index contributed by atoms with van der Waals surface area (Å²) in [5.41, 5.74) is 11.0. The van der Waals surface area contributed by atoms with E-state index in [1.165, 1.54) is 33.0 Å². The van der Waals surface area contributed by atoms with Crippen LogP contribution in [0.3, 0.4) is 0 Å². The molecular weight excluding hydrogens is 364 g/mol.